The van der Waals surface area contributed by atoms with Crippen LogP contribution in [0.4, 0.5) is 5.69 Å². The van der Waals surface area contributed by atoms with Gasteiger partial charge < -0.3 is 10.6 Å². The zero-order valence-electron chi connectivity index (χ0n) is 15.2. The molecule has 140 valence electrons. The number of hydrogen-bond acceptors (Lipinski definition) is 5. The number of hydrogen-bond donors (Lipinski definition) is 2. The fourth-order valence-corrected chi connectivity index (χ4v) is 2.47. The van der Waals surface area contributed by atoms with E-state index >= 15 is 0 Å². The lowest BCUT2D eigenvalue weighted by Gasteiger charge is -2.08. The van der Waals surface area contributed by atoms with Crippen LogP contribution in [0.15, 0.2) is 67.0 Å². The Kier molecular flexibility index (Phi) is 5.86. The van der Waals surface area contributed by atoms with E-state index in [0.717, 1.165) is 5.56 Å². The number of pyridine rings is 2. The van der Waals surface area contributed by atoms with Gasteiger partial charge in [0.05, 0.1) is 0 Å². The summed E-state index contributed by atoms with van der Waals surface area (Å²) in [6.45, 7) is 1.76. The van der Waals surface area contributed by atoms with E-state index < -0.39 is 11.8 Å². The van der Waals surface area contributed by atoms with Crippen molar-refractivity contribution in [2.24, 2.45) is 0 Å². The Balaban J connectivity index is 1.68. The van der Waals surface area contributed by atoms with E-state index in [0.29, 0.717) is 17.8 Å². The number of benzene rings is 1. The smallest absolute Gasteiger partial charge is 0.274 e. The number of ketones is 1. The van der Waals surface area contributed by atoms with Gasteiger partial charge in [-0.05, 0) is 42.8 Å². The van der Waals surface area contributed by atoms with Crippen molar-refractivity contribution in [2.75, 3.05) is 5.32 Å². The van der Waals surface area contributed by atoms with E-state index in [1.165, 1.54) is 19.1 Å². The van der Waals surface area contributed by atoms with Crippen LogP contribution in [-0.2, 0) is 6.54 Å². The number of Topliss-reactive ketones (excluding diaryl/α,β-unsaturated/α-hetero) is 1. The average Bonchev–Trinajstić information content (AvgIpc) is 2.73. The molecule has 0 aliphatic rings. The molecule has 2 heterocycles. The summed E-state index contributed by atoms with van der Waals surface area (Å²) in [6.07, 6.45) is 3.31. The number of carbonyl (C=O) groups is 3. The van der Waals surface area contributed by atoms with Crippen LogP contribution in [0, 0.1) is 0 Å². The lowest BCUT2D eigenvalue weighted by molar-refractivity contribution is 0.0944. The lowest BCUT2D eigenvalue weighted by Crippen LogP contribution is -2.25. The summed E-state index contributed by atoms with van der Waals surface area (Å²) in [5, 5.41) is 5.42. The van der Waals surface area contributed by atoms with Crippen molar-refractivity contribution in [1.29, 1.82) is 0 Å². The first-order valence-corrected chi connectivity index (χ1v) is 8.59. The first-order chi connectivity index (χ1) is 13.5. The fraction of sp³-hybridized carbons (Fsp3) is 0.0952. The van der Waals surface area contributed by atoms with Crippen molar-refractivity contribution in [3.05, 3.63) is 89.5 Å². The Labute approximate surface area is 161 Å². The summed E-state index contributed by atoms with van der Waals surface area (Å²) in [6, 6.07) is 14.9. The van der Waals surface area contributed by atoms with Crippen molar-refractivity contribution in [3.63, 3.8) is 0 Å². The second-order valence-electron chi connectivity index (χ2n) is 6.04. The molecule has 3 rings (SSSR count). The van der Waals surface area contributed by atoms with Gasteiger partial charge >= 0.3 is 0 Å². The molecule has 2 aromatic heterocycles. The molecule has 0 aliphatic heterocycles. The molecule has 28 heavy (non-hydrogen) atoms. The van der Waals surface area contributed by atoms with Crippen LogP contribution in [0.5, 0.6) is 0 Å². The molecule has 1 aromatic carbocycles. The van der Waals surface area contributed by atoms with Crippen molar-refractivity contribution in [3.8, 4) is 0 Å². The van der Waals surface area contributed by atoms with Gasteiger partial charge in [0.1, 0.15) is 11.4 Å². The average molecular weight is 374 g/mol. The predicted molar refractivity (Wildman–Crippen MR) is 104 cm³/mol. The van der Waals surface area contributed by atoms with Crippen molar-refractivity contribution < 1.29 is 14.4 Å². The molecule has 7 nitrogen and oxygen atoms in total. The van der Waals surface area contributed by atoms with Crippen LogP contribution >= 0.6 is 0 Å². The maximum Gasteiger partial charge on any atom is 0.274 e. The summed E-state index contributed by atoms with van der Waals surface area (Å²) < 4.78 is 0. The molecule has 0 saturated heterocycles. The number of rotatable bonds is 6. The second-order valence-corrected chi connectivity index (χ2v) is 6.04. The minimum Gasteiger partial charge on any atom is -0.347 e. The highest BCUT2D eigenvalue weighted by Crippen LogP contribution is 2.12. The van der Waals surface area contributed by atoms with Crippen molar-refractivity contribution in [1.82, 2.24) is 15.3 Å². The highest BCUT2D eigenvalue weighted by atomic mass is 16.2. The first-order valence-electron chi connectivity index (χ1n) is 8.59. The molecular formula is C21H18N4O3. The van der Waals surface area contributed by atoms with Crippen LogP contribution < -0.4 is 10.6 Å². The molecule has 2 N–H and O–H groups in total. The van der Waals surface area contributed by atoms with Crippen LogP contribution in [0.1, 0.15) is 43.8 Å². The maximum atomic E-state index is 12.5. The minimum absolute atomic E-state index is 0.0958. The largest absolute Gasteiger partial charge is 0.347 e. The third-order valence-corrected chi connectivity index (χ3v) is 3.92. The zero-order valence-corrected chi connectivity index (χ0v) is 15.2. The molecule has 0 spiro atoms. The van der Waals surface area contributed by atoms with E-state index in [-0.39, 0.29) is 17.2 Å². The molecule has 0 aliphatic carbocycles. The maximum absolute atomic E-state index is 12.5. The molecule has 2 amide bonds. The van der Waals surface area contributed by atoms with Gasteiger partial charge in [0, 0.05) is 30.2 Å². The fourth-order valence-electron chi connectivity index (χ4n) is 2.47. The van der Waals surface area contributed by atoms with E-state index in [1.807, 2.05) is 6.07 Å². The minimum atomic E-state index is -0.470. The van der Waals surface area contributed by atoms with E-state index in [2.05, 4.69) is 20.6 Å². The van der Waals surface area contributed by atoms with Gasteiger partial charge in [-0.25, -0.2) is 4.98 Å². The van der Waals surface area contributed by atoms with Crippen LogP contribution in [0.25, 0.3) is 0 Å². The van der Waals surface area contributed by atoms with Crippen LogP contribution in [0.2, 0.25) is 0 Å². The van der Waals surface area contributed by atoms with Gasteiger partial charge in [-0.3, -0.25) is 19.4 Å². The van der Waals surface area contributed by atoms with E-state index in [4.69, 9.17) is 0 Å². The highest BCUT2D eigenvalue weighted by Gasteiger charge is 2.13. The second kappa shape index (κ2) is 8.68. The third-order valence-electron chi connectivity index (χ3n) is 3.92. The molecule has 7 heteroatoms. The highest BCUT2D eigenvalue weighted by molar-refractivity contribution is 6.04. The molecular weight excluding hydrogens is 356 g/mol. The molecule has 0 atom stereocenters. The molecule has 0 radical (unpaired) electrons. The van der Waals surface area contributed by atoms with Crippen molar-refractivity contribution >= 4 is 23.3 Å². The normalized spacial score (nSPS) is 10.2. The Hall–Kier alpha value is -3.87. The Morgan fingerprint density at radius 2 is 1.68 bits per heavy atom. The third kappa shape index (κ3) is 4.85. The van der Waals surface area contributed by atoms with Crippen LogP contribution in [0.3, 0.4) is 0 Å². The molecule has 0 bridgehead atoms. The number of nitrogens with one attached hydrogen (secondary N) is 2. The number of amides is 2. The number of aromatic nitrogens is 2. The number of nitrogens with zero attached hydrogens (tertiary/aromatic N) is 2. The Morgan fingerprint density at radius 1 is 0.929 bits per heavy atom. The summed E-state index contributed by atoms with van der Waals surface area (Å²) >= 11 is 0. The van der Waals surface area contributed by atoms with Gasteiger partial charge in [-0.1, -0.05) is 24.3 Å². The summed E-state index contributed by atoms with van der Waals surface area (Å²) in [5.41, 5.74) is 2.06. The Morgan fingerprint density at radius 3 is 2.39 bits per heavy atom. The van der Waals surface area contributed by atoms with Crippen molar-refractivity contribution in [2.45, 2.75) is 13.5 Å². The lowest BCUT2D eigenvalue weighted by atomic mass is 10.1. The number of anilines is 1. The zero-order chi connectivity index (χ0) is 19.9. The standard InChI is InChI=1S/C21H18N4O3/c1-14(26)16-6-2-7-17(11-16)24-21(28)19-9-3-8-18(25-19)20(27)23-13-15-5-4-10-22-12-15/h2-12H,13H2,1H3,(H,23,27)(H,24,28). The summed E-state index contributed by atoms with van der Waals surface area (Å²) in [5.74, 6) is -0.957. The predicted octanol–water partition coefficient (Wildman–Crippen LogP) is 2.86. The first kappa shape index (κ1) is 18.9. The quantitative estimate of drug-likeness (QED) is 0.646. The van der Waals surface area contributed by atoms with Gasteiger partial charge in [0.15, 0.2) is 5.78 Å². The van der Waals surface area contributed by atoms with Gasteiger partial charge in [0.2, 0.25) is 0 Å². The molecule has 0 saturated carbocycles. The van der Waals surface area contributed by atoms with Gasteiger partial charge in [0.25, 0.3) is 11.8 Å². The topological polar surface area (TPSA) is 101 Å². The SMILES string of the molecule is CC(=O)c1cccc(NC(=O)c2cccc(C(=O)NCc3cccnc3)n2)c1. The Bertz CT molecular complexity index is 1020. The van der Waals surface area contributed by atoms with E-state index in [9.17, 15) is 14.4 Å². The summed E-state index contributed by atoms with van der Waals surface area (Å²) in [4.78, 5) is 44.3. The molecule has 3 aromatic rings. The number of carbonyl (C=O) groups excluding carboxylic acids is 3. The molecule has 0 unspecified atom stereocenters. The van der Waals surface area contributed by atoms with Gasteiger partial charge in [-0.2, -0.15) is 0 Å². The summed E-state index contributed by atoms with van der Waals surface area (Å²) in [7, 11) is 0. The monoisotopic (exact) mass is 374 g/mol. The van der Waals surface area contributed by atoms with Gasteiger partial charge in [-0.15, -0.1) is 0 Å². The van der Waals surface area contributed by atoms with E-state index in [1.54, 1.807) is 48.8 Å². The molecule has 0 fully saturated rings. The van der Waals surface area contributed by atoms with Crippen LogP contribution in [-0.4, -0.2) is 27.6 Å².